The number of hydrogen-bond donors (Lipinski definition) is 2. The lowest BCUT2D eigenvalue weighted by Gasteiger charge is -2.19. The molecule has 6 nitrogen and oxygen atoms in total. The highest BCUT2D eigenvalue weighted by Gasteiger charge is 2.25. The lowest BCUT2D eigenvalue weighted by atomic mass is 10.1. The van der Waals surface area contributed by atoms with E-state index in [-0.39, 0.29) is 29.7 Å². The molecule has 26 heavy (non-hydrogen) atoms. The summed E-state index contributed by atoms with van der Waals surface area (Å²) < 4.78 is 15.4. The van der Waals surface area contributed by atoms with Crippen LogP contribution in [0.3, 0.4) is 0 Å². The topological polar surface area (TPSA) is 79.8 Å². The number of rotatable bonds is 8. The van der Waals surface area contributed by atoms with Gasteiger partial charge in [-0.2, -0.15) is 15.0 Å². The van der Waals surface area contributed by atoms with Gasteiger partial charge in [0.2, 0.25) is 17.8 Å². The maximum atomic E-state index is 14.3. The summed E-state index contributed by atoms with van der Waals surface area (Å²) in [6.07, 6.45) is 2.67. The number of carbonyl (C=O) groups excluding carboxylic acids is 1. The van der Waals surface area contributed by atoms with Crippen LogP contribution in [0, 0.1) is 0 Å². The monoisotopic (exact) mass is 443 g/mol. The van der Waals surface area contributed by atoms with Gasteiger partial charge in [-0.25, -0.2) is 4.39 Å². The Kier molecular flexibility index (Phi) is 7.05. The molecule has 2 aromatic rings. The molecule has 0 aliphatic rings. The Bertz CT molecular complexity index is 762. The molecule has 1 amide bonds. The SMILES string of the molecule is CCC(CCc1cc(Br)cs1)Nc1nc(NC(C)=O)nc(C(C)(C)F)n1. The van der Waals surface area contributed by atoms with Crippen LogP contribution in [0.25, 0.3) is 0 Å². The van der Waals surface area contributed by atoms with E-state index in [9.17, 15) is 9.18 Å². The lowest BCUT2D eigenvalue weighted by molar-refractivity contribution is -0.114. The molecular weight excluding hydrogens is 421 g/mol. The van der Waals surface area contributed by atoms with E-state index in [4.69, 9.17) is 0 Å². The smallest absolute Gasteiger partial charge is 0.234 e. The van der Waals surface area contributed by atoms with Gasteiger partial charge in [-0.15, -0.1) is 11.3 Å². The van der Waals surface area contributed by atoms with Crippen LogP contribution in [0.1, 0.15) is 51.2 Å². The van der Waals surface area contributed by atoms with Gasteiger partial charge in [0.15, 0.2) is 11.5 Å². The van der Waals surface area contributed by atoms with Crippen LogP contribution in [0.5, 0.6) is 0 Å². The second-order valence-electron chi connectivity index (χ2n) is 6.48. The molecule has 0 fully saturated rings. The number of hydrogen-bond acceptors (Lipinski definition) is 6. The molecule has 0 bridgehead atoms. The van der Waals surface area contributed by atoms with Gasteiger partial charge >= 0.3 is 0 Å². The molecule has 0 spiro atoms. The number of aromatic nitrogens is 3. The van der Waals surface area contributed by atoms with E-state index >= 15 is 0 Å². The molecule has 9 heteroatoms. The highest BCUT2D eigenvalue weighted by atomic mass is 79.9. The zero-order valence-electron chi connectivity index (χ0n) is 15.3. The molecule has 0 saturated heterocycles. The number of aryl methyl sites for hydroxylation is 1. The predicted molar refractivity (Wildman–Crippen MR) is 106 cm³/mol. The second-order valence-corrected chi connectivity index (χ2v) is 8.39. The first-order chi connectivity index (χ1) is 12.2. The summed E-state index contributed by atoms with van der Waals surface area (Å²) in [5.74, 6) is -0.0210. The van der Waals surface area contributed by atoms with E-state index in [2.05, 4.69) is 59.9 Å². The van der Waals surface area contributed by atoms with Crippen molar-refractivity contribution >= 4 is 45.1 Å². The van der Waals surface area contributed by atoms with Gasteiger partial charge in [0.05, 0.1) is 0 Å². The summed E-state index contributed by atoms with van der Waals surface area (Å²) >= 11 is 5.17. The van der Waals surface area contributed by atoms with E-state index in [1.165, 1.54) is 25.6 Å². The second kappa shape index (κ2) is 8.85. The van der Waals surface area contributed by atoms with Gasteiger partial charge in [-0.05, 0) is 55.1 Å². The molecule has 2 N–H and O–H groups in total. The van der Waals surface area contributed by atoms with Crippen molar-refractivity contribution < 1.29 is 9.18 Å². The number of anilines is 2. The maximum Gasteiger partial charge on any atom is 0.234 e. The molecule has 0 aromatic carbocycles. The zero-order valence-corrected chi connectivity index (χ0v) is 17.7. The minimum atomic E-state index is -1.74. The van der Waals surface area contributed by atoms with E-state index in [0.717, 1.165) is 23.7 Å². The maximum absolute atomic E-state index is 14.3. The van der Waals surface area contributed by atoms with Crippen molar-refractivity contribution in [3.63, 3.8) is 0 Å². The molecule has 1 atom stereocenters. The molecule has 0 aliphatic heterocycles. The first-order valence-corrected chi connectivity index (χ1v) is 10.1. The number of nitrogens with zero attached hydrogens (tertiary/aromatic N) is 3. The van der Waals surface area contributed by atoms with E-state index in [0.29, 0.717) is 0 Å². The molecule has 2 heterocycles. The molecular formula is C17H23BrFN5OS. The fraction of sp³-hybridized carbons (Fsp3) is 0.529. The van der Waals surface area contributed by atoms with Crippen LogP contribution in [0.15, 0.2) is 15.9 Å². The number of nitrogens with one attached hydrogen (secondary N) is 2. The minimum Gasteiger partial charge on any atom is -0.351 e. The van der Waals surface area contributed by atoms with Crippen LogP contribution in [-0.4, -0.2) is 26.9 Å². The molecule has 0 saturated carbocycles. The fourth-order valence-corrected chi connectivity index (χ4v) is 3.75. The summed E-state index contributed by atoms with van der Waals surface area (Å²) in [5, 5.41) is 7.80. The normalized spacial score (nSPS) is 12.7. The average molecular weight is 444 g/mol. The van der Waals surface area contributed by atoms with Crippen molar-refractivity contribution in [2.75, 3.05) is 10.6 Å². The Morgan fingerprint density at radius 3 is 2.58 bits per heavy atom. The lowest BCUT2D eigenvalue weighted by Crippen LogP contribution is -2.24. The van der Waals surface area contributed by atoms with Gasteiger partial charge in [-0.1, -0.05) is 6.92 Å². The third-order valence-electron chi connectivity index (χ3n) is 3.64. The first-order valence-electron chi connectivity index (χ1n) is 8.40. The first kappa shape index (κ1) is 20.7. The van der Waals surface area contributed by atoms with Gasteiger partial charge in [0, 0.05) is 27.7 Å². The van der Waals surface area contributed by atoms with Gasteiger partial charge in [0.25, 0.3) is 0 Å². The Hall–Kier alpha value is -1.61. The van der Waals surface area contributed by atoms with Crippen molar-refractivity contribution in [1.82, 2.24) is 15.0 Å². The molecule has 2 aromatic heterocycles. The average Bonchev–Trinajstić information content (AvgIpc) is 2.95. The number of thiophene rings is 1. The van der Waals surface area contributed by atoms with Crippen molar-refractivity contribution in [2.24, 2.45) is 0 Å². The Labute approximate surface area is 165 Å². The highest BCUT2D eigenvalue weighted by Crippen LogP contribution is 2.24. The van der Waals surface area contributed by atoms with E-state index in [1.54, 1.807) is 11.3 Å². The summed E-state index contributed by atoms with van der Waals surface area (Å²) in [6, 6.07) is 2.23. The quantitative estimate of drug-likeness (QED) is 0.618. The van der Waals surface area contributed by atoms with Gasteiger partial charge in [-0.3, -0.25) is 10.1 Å². The molecule has 142 valence electrons. The van der Waals surface area contributed by atoms with Crippen LogP contribution in [0.4, 0.5) is 16.3 Å². The molecule has 0 radical (unpaired) electrons. The van der Waals surface area contributed by atoms with E-state index < -0.39 is 5.67 Å². The molecule has 2 rings (SSSR count). The summed E-state index contributed by atoms with van der Waals surface area (Å²) in [7, 11) is 0. The third-order valence-corrected chi connectivity index (χ3v) is 5.40. The van der Waals surface area contributed by atoms with Crippen LogP contribution < -0.4 is 10.6 Å². The number of alkyl halides is 1. The van der Waals surface area contributed by atoms with E-state index in [1.807, 2.05) is 0 Å². The van der Waals surface area contributed by atoms with Crippen molar-refractivity contribution in [1.29, 1.82) is 0 Å². The molecule has 1 unspecified atom stereocenters. The van der Waals surface area contributed by atoms with Gasteiger partial charge < -0.3 is 5.32 Å². The number of amides is 1. The van der Waals surface area contributed by atoms with Crippen molar-refractivity contribution in [2.45, 2.75) is 58.7 Å². The van der Waals surface area contributed by atoms with Crippen LogP contribution in [0.2, 0.25) is 0 Å². The van der Waals surface area contributed by atoms with Crippen LogP contribution >= 0.6 is 27.3 Å². The predicted octanol–water partition coefficient (Wildman–Crippen LogP) is 4.68. The summed E-state index contributed by atoms with van der Waals surface area (Å²) in [4.78, 5) is 25.0. The molecule has 0 aliphatic carbocycles. The Balaban J connectivity index is 2.14. The Morgan fingerprint density at radius 2 is 2.04 bits per heavy atom. The fourth-order valence-electron chi connectivity index (χ4n) is 2.28. The number of halogens is 2. The summed E-state index contributed by atoms with van der Waals surface area (Å²) in [6.45, 7) is 6.16. The van der Waals surface area contributed by atoms with Gasteiger partial charge in [0.1, 0.15) is 0 Å². The largest absolute Gasteiger partial charge is 0.351 e. The highest BCUT2D eigenvalue weighted by molar-refractivity contribution is 9.10. The van der Waals surface area contributed by atoms with Crippen molar-refractivity contribution in [3.05, 3.63) is 26.6 Å². The summed E-state index contributed by atoms with van der Waals surface area (Å²) in [5.41, 5.74) is -1.74. The minimum absolute atomic E-state index is 0.0178. The zero-order chi connectivity index (χ0) is 19.3. The standard InChI is InChI=1S/C17H23BrFN5OS/c1-5-12(6-7-13-8-11(18)9-26-13)21-16-23-14(17(3,4)19)22-15(24-16)20-10(2)25/h8-9,12H,5-7H2,1-4H3,(H2,20,21,22,23,24,25). The van der Waals surface area contributed by atoms with Crippen molar-refractivity contribution in [3.8, 4) is 0 Å². The third kappa shape index (κ3) is 6.28. The Morgan fingerprint density at radius 1 is 1.35 bits per heavy atom. The van der Waals surface area contributed by atoms with Crippen LogP contribution in [-0.2, 0) is 16.9 Å². The number of carbonyl (C=O) groups is 1.